The van der Waals surface area contributed by atoms with Crippen molar-refractivity contribution in [2.45, 2.75) is 19.1 Å². The molecular weight excluding hydrogens is 345 g/mol. The van der Waals surface area contributed by atoms with Crippen molar-refractivity contribution in [3.05, 3.63) is 71.5 Å². The van der Waals surface area contributed by atoms with Crippen LogP contribution >= 0.6 is 0 Å². The lowest BCUT2D eigenvalue weighted by atomic mass is 10.0. The Balaban J connectivity index is 1.30. The maximum absolute atomic E-state index is 13.9. The molecule has 2 heterocycles. The van der Waals surface area contributed by atoms with E-state index < -0.39 is 6.10 Å². The van der Waals surface area contributed by atoms with Gasteiger partial charge in [0.15, 0.2) is 0 Å². The molecule has 2 aromatic rings. The van der Waals surface area contributed by atoms with Crippen molar-refractivity contribution in [1.29, 1.82) is 0 Å². The summed E-state index contributed by atoms with van der Waals surface area (Å²) in [4.78, 5) is 22.2. The summed E-state index contributed by atoms with van der Waals surface area (Å²) in [5.74, 6) is -0.410. The van der Waals surface area contributed by atoms with Crippen LogP contribution < -0.4 is 0 Å². The van der Waals surface area contributed by atoms with Gasteiger partial charge >= 0.3 is 0 Å². The molecule has 0 spiro atoms. The standard InChI is InChI=1S/C21H22FN3O2/c22-18-9-5-4-8-17(18)19-14-20(27-23-19)21(26)25-12-10-24(11-13-25)15-16-6-2-1-3-7-16/h1-9,20H,10-15H2/t20-/m0/s1. The molecule has 2 aliphatic rings. The zero-order chi connectivity index (χ0) is 18.6. The van der Waals surface area contributed by atoms with Gasteiger partial charge in [-0.05, 0) is 11.6 Å². The zero-order valence-electron chi connectivity index (χ0n) is 15.1. The number of rotatable bonds is 4. The van der Waals surface area contributed by atoms with Gasteiger partial charge in [-0.1, -0.05) is 53.7 Å². The minimum Gasteiger partial charge on any atom is -0.382 e. The molecule has 1 amide bonds. The Bertz CT molecular complexity index is 832. The first kappa shape index (κ1) is 17.7. The van der Waals surface area contributed by atoms with Crippen molar-refractivity contribution in [2.75, 3.05) is 26.2 Å². The van der Waals surface area contributed by atoms with Crippen LogP contribution in [0.1, 0.15) is 17.5 Å². The molecular formula is C21H22FN3O2. The molecule has 0 saturated carbocycles. The molecule has 4 rings (SSSR count). The molecule has 6 heteroatoms. The van der Waals surface area contributed by atoms with Gasteiger partial charge in [-0.2, -0.15) is 0 Å². The molecule has 140 valence electrons. The minimum atomic E-state index is -0.653. The van der Waals surface area contributed by atoms with Crippen LogP contribution in [0.2, 0.25) is 0 Å². The molecule has 0 bridgehead atoms. The molecule has 1 fully saturated rings. The fourth-order valence-corrected chi connectivity index (χ4v) is 3.54. The van der Waals surface area contributed by atoms with E-state index in [1.165, 1.54) is 11.6 Å². The van der Waals surface area contributed by atoms with E-state index in [2.05, 4.69) is 22.2 Å². The lowest BCUT2D eigenvalue weighted by Crippen LogP contribution is -2.51. The van der Waals surface area contributed by atoms with E-state index in [9.17, 15) is 9.18 Å². The van der Waals surface area contributed by atoms with Crippen molar-refractivity contribution >= 4 is 11.6 Å². The van der Waals surface area contributed by atoms with E-state index in [1.54, 1.807) is 18.2 Å². The monoisotopic (exact) mass is 367 g/mol. The number of benzene rings is 2. The van der Waals surface area contributed by atoms with Gasteiger partial charge in [0.05, 0.1) is 5.71 Å². The zero-order valence-corrected chi connectivity index (χ0v) is 15.1. The quantitative estimate of drug-likeness (QED) is 0.835. The first-order valence-corrected chi connectivity index (χ1v) is 9.23. The molecule has 0 N–H and O–H groups in total. The summed E-state index contributed by atoms with van der Waals surface area (Å²) in [5, 5.41) is 3.95. The fraction of sp³-hybridized carbons (Fsp3) is 0.333. The first-order chi connectivity index (χ1) is 13.2. The molecule has 0 aromatic heterocycles. The van der Waals surface area contributed by atoms with Gasteiger partial charge in [0.2, 0.25) is 6.10 Å². The third kappa shape index (κ3) is 4.01. The van der Waals surface area contributed by atoms with E-state index in [1.807, 2.05) is 23.1 Å². The highest BCUT2D eigenvalue weighted by atomic mass is 19.1. The summed E-state index contributed by atoms with van der Waals surface area (Å²) < 4.78 is 13.9. The highest BCUT2D eigenvalue weighted by Gasteiger charge is 2.34. The van der Waals surface area contributed by atoms with Crippen LogP contribution in [0.5, 0.6) is 0 Å². The highest BCUT2D eigenvalue weighted by molar-refractivity contribution is 6.04. The highest BCUT2D eigenvalue weighted by Crippen LogP contribution is 2.21. The lowest BCUT2D eigenvalue weighted by molar-refractivity contribution is -0.143. The molecule has 2 aromatic carbocycles. The van der Waals surface area contributed by atoms with Crippen LogP contribution in [-0.4, -0.2) is 53.7 Å². The number of carbonyl (C=O) groups excluding carboxylic acids is 1. The number of amides is 1. The topological polar surface area (TPSA) is 45.1 Å². The smallest absolute Gasteiger partial charge is 0.266 e. The fourth-order valence-electron chi connectivity index (χ4n) is 3.54. The van der Waals surface area contributed by atoms with Crippen molar-refractivity contribution in [3.63, 3.8) is 0 Å². The number of carbonyl (C=O) groups is 1. The van der Waals surface area contributed by atoms with Gasteiger partial charge in [0.1, 0.15) is 5.82 Å². The molecule has 1 atom stereocenters. The summed E-state index contributed by atoms with van der Waals surface area (Å²) in [7, 11) is 0. The summed E-state index contributed by atoms with van der Waals surface area (Å²) in [5.41, 5.74) is 2.17. The second-order valence-corrected chi connectivity index (χ2v) is 6.90. The van der Waals surface area contributed by atoms with Gasteiger partial charge in [-0.15, -0.1) is 0 Å². The Morgan fingerprint density at radius 3 is 2.48 bits per heavy atom. The number of hydrogen-bond donors (Lipinski definition) is 0. The van der Waals surface area contributed by atoms with Crippen LogP contribution in [0.25, 0.3) is 0 Å². The van der Waals surface area contributed by atoms with Crippen LogP contribution in [0.4, 0.5) is 4.39 Å². The maximum Gasteiger partial charge on any atom is 0.266 e. The van der Waals surface area contributed by atoms with Crippen LogP contribution in [0, 0.1) is 5.82 Å². The summed E-state index contributed by atoms with van der Waals surface area (Å²) in [6, 6.07) is 16.8. The second-order valence-electron chi connectivity index (χ2n) is 6.90. The van der Waals surface area contributed by atoms with Gasteiger partial charge < -0.3 is 9.74 Å². The molecule has 27 heavy (non-hydrogen) atoms. The molecule has 5 nitrogen and oxygen atoms in total. The van der Waals surface area contributed by atoms with Crippen molar-refractivity contribution in [2.24, 2.45) is 5.16 Å². The van der Waals surface area contributed by atoms with Crippen molar-refractivity contribution < 1.29 is 14.0 Å². The molecule has 1 saturated heterocycles. The Morgan fingerprint density at radius 1 is 1.04 bits per heavy atom. The predicted octanol–water partition coefficient (Wildman–Crippen LogP) is 2.66. The van der Waals surface area contributed by atoms with E-state index >= 15 is 0 Å². The summed E-state index contributed by atoms with van der Waals surface area (Å²) >= 11 is 0. The average Bonchev–Trinajstić information content (AvgIpc) is 3.19. The minimum absolute atomic E-state index is 0.0653. The van der Waals surface area contributed by atoms with Crippen molar-refractivity contribution in [3.8, 4) is 0 Å². The lowest BCUT2D eigenvalue weighted by Gasteiger charge is -2.35. The SMILES string of the molecule is O=C([C@@H]1CC(c2ccccc2F)=NO1)N1CCN(Cc2ccccc2)CC1. The number of hydrogen-bond acceptors (Lipinski definition) is 4. The molecule has 0 radical (unpaired) electrons. The largest absolute Gasteiger partial charge is 0.382 e. The van der Waals surface area contributed by atoms with E-state index in [0.29, 0.717) is 30.8 Å². The first-order valence-electron chi connectivity index (χ1n) is 9.23. The summed E-state index contributed by atoms with van der Waals surface area (Å²) in [6.45, 7) is 3.88. The van der Waals surface area contributed by atoms with Crippen LogP contribution in [0.3, 0.4) is 0 Å². The second kappa shape index (κ2) is 7.88. The molecule has 0 aliphatic carbocycles. The third-order valence-electron chi connectivity index (χ3n) is 5.06. The Kier molecular flexibility index (Phi) is 5.16. The normalized spacial score (nSPS) is 20.3. The van der Waals surface area contributed by atoms with Crippen LogP contribution in [-0.2, 0) is 16.2 Å². The van der Waals surface area contributed by atoms with Gasteiger partial charge in [0.25, 0.3) is 5.91 Å². The number of oxime groups is 1. The molecule has 2 aliphatic heterocycles. The Morgan fingerprint density at radius 2 is 1.74 bits per heavy atom. The third-order valence-corrected chi connectivity index (χ3v) is 5.06. The number of piperazine rings is 1. The van der Waals surface area contributed by atoms with E-state index in [0.717, 1.165) is 19.6 Å². The number of halogens is 1. The molecule has 0 unspecified atom stereocenters. The van der Waals surface area contributed by atoms with Gasteiger partial charge in [0, 0.05) is 44.7 Å². The predicted molar refractivity (Wildman–Crippen MR) is 101 cm³/mol. The Hall–Kier alpha value is -2.73. The average molecular weight is 367 g/mol. The van der Waals surface area contributed by atoms with Crippen molar-refractivity contribution in [1.82, 2.24) is 9.80 Å². The summed E-state index contributed by atoms with van der Waals surface area (Å²) in [6.07, 6.45) is -0.343. The number of nitrogens with zero attached hydrogens (tertiary/aromatic N) is 3. The van der Waals surface area contributed by atoms with Gasteiger partial charge in [-0.3, -0.25) is 9.69 Å². The van der Waals surface area contributed by atoms with E-state index in [-0.39, 0.29) is 11.7 Å². The van der Waals surface area contributed by atoms with Crippen LogP contribution in [0.15, 0.2) is 59.8 Å². The van der Waals surface area contributed by atoms with Gasteiger partial charge in [-0.25, -0.2) is 4.39 Å². The Labute approximate surface area is 158 Å². The van der Waals surface area contributed by atoms with E-state index in [4.69, 9.17) is 4.84 Å². The maximum atomic E-state index is 13.9.